The van der Waals surface area contributed by atoms with Gasteiger partial charge in [0.2, 0.25) is 0 Å². The molecule has 1 aliphatic rings. The van der Waals surface area contributed by atoms with Crippen LogP contribution in [0, 0.1) is 5.82 Å². The molecule has 0 aliphatic carbocycles. The van der Waals surface area contributed by atoms with Crippen LogP contribution in [0.25, 0.3) is 11.1 Å². The molecule has 0 fully saturated rings. The molecule has 36 heavy (non-hydrogen) atoms. The molecule has 1 aliphatic heterocycles. The molecule has 0 bridgehead atoms. The van der Waals surface area contributed by atoms with Crippen LogP contribution < -0.4 is 9.92 Å². The summed E-state index contributed by atoms with van der Waals surface area (Å²) in [5.41, 5.74) is 5.39. The van der Waals surface area contributed by atoms with Crippen LogP contribution in [-0.4, -0.2) is 50.6 Å². The molecular weight excluding hydrogens is 530 g/mol. The molecule has 8 nitrogen and oxygen atoms in total. The molecule has 0 saturated heterocycles. The van der Waals surface area contributed by atoms with Gasteiger partial charge in [-0.1, -0.05) is 41.4 Å². The summed E-state index contributed by atoms with van der Waals surface area (Å²) >= 11 is 12.2. The zero-order chi connectivity index (χ0) is 26.4. The maximum Gasteiger partial charge on any atom is 0.384 e. The van der Waals surface area contributed by atoms with Gasteiger partial charge in [-0.05, 0) is 59.2 Å². The van der Waals surface area contributed by atoms with Crippen molar-refractivity contribution in [3.63, 3.8) is 0 Å². The molecule has 0 aromatic heterocycles. The predicted octanol–water partition coefficient (Wildman–Crippen LogP) is 4.02. The topological polar surface area (TPSA) is 105 Å². The SMILES string of the molecule is CN1C(=O)C(c2cccc(OS(=O)(=O)N(C)C)c2)(c2ccc(F)c(-c3cc(Cl)cc(Cl)c3)c2)N=C1N. The maximum atomic E-state index is 15.0. The number of hydrogen-bond donors (Lipinski definition) is 1. The normalized spacial score (nSPS) is 18.0. The summed E-state index contributed by atoms with van der Waals surface area (Å²) in [7, 11) is 0.0400. The van der Waals surface area contributed by atoms with Crippen LogP contribution in [0.1, 0.15) is 11.1 Å². The lowest BCUT2D eigenvalue weighted by Gasteiger charge is -2.27. The standard InChI is InChI=1S/C24H21Cl2FN4O4S/c1-30(2)36(33,34)35-19-6-4-5-15(11-19)24(22(32)31(3)23(28)29-24)16-7-8-21(27)20(12-16)14-9-17(25)13-18(26)10-14/h4-13H,1-3H3,(H2,28,29). The highest BCUT2D eigenvalue weighted by Crippen LogP contribution is 2.42. The summed E-state index contributed by atoms with van der Waals surface area (Å²) in [6, 6.07) is 14.6. The highest BCUT2D eigenvalue weighted by Gasteiger charge is 2.50. The quantitative estimate of drug-likeness (QED) is 0.499. The van der Waals surface area contributed by atoms with E-state index >= 15 is 0 Å². The minimum atomic E-state index is -4.06. The van der Waals surface area contributed by atoms with Gasteiger partial charge < -0.3 is 9.92 Å². The van der Waals surface area contributed by atoms with Crippen molar-refractivity contribution < 1.29 is 21.8 Å². The zero-order valence-electron chi connectivity index (χ0n) is 19.4. The Morgan fingerprint density at radius 3 is 2.25 bits per heavy atom. The fraction of sp³-hybridized carbons (Fsp3) is 0.167. The van der Waals surface area contributed by atoms with Gasteiger partial charge in [0.05, 0.1) is 0 Å². The number of benzene rings is 3. The van der Waals surface area contributed by atoms with Gasteiger partial charge in [-0.15, -0.1) is 0 Å². The molecule has 12 heteroatoms. The molecule has 3 aromatic carbocycles. The first-order valence-electron chi connectivity index (χ1n) is 10.5. The minimum Gasteiger partial charge on any atom is -0.371 e. The van der Waals surface area contributed by atoms with Gasteiger partial charge >= 0.3 is 10.3 Å². The van der Waals surface area contributed by atoms with Gasteiger partial charge in [-0.3, -0.25) is 9.69 Å². The van der Waals surface area contributed by atoms with Crippen molar-refractivity contribution in [2.45, 2.75) is 5.54 Å². The van der Waals surface area contributed by atoms with Crippen LogP contribution in [0.4, 0.5) is 4.39 Å². The molecule has 1 unspecified atom stereocenters. The van der Waals surface area contributed by atoms with E-state index in [0.29, 0.717) is 21.2 Å². The molecule has 188 valence electrons. The highest BCUT2D eigenvalue weighted by atomic mass is 35.5. The van der Waals surface area contributed by atoms with E-state index in [1.165, 1.54) is 68.5 Å². The van der Waals surface area contributed by atoms with Crippen molar-refractivity contribution in [2.75, 3.05) is 21.1 Å². The second-order valence-corrected chi connectivity index (χ2v) is 10.9. The first-order chi connectivity index (χ1) is 16.8. The van der Waals surface area contributed by atoms with Crippen LogP contribution in [0.15, 0.2) is 65.7 Å². The van der Waals surface area contributed by atoms with Crippen LogP contribution in [0.5, 0.6) is 5.75 Å². The number of carbonyl (C=O) groups is 1. The second-order valence-electron chi connectivity index (χ2n) is 8.25. The van der Waals surface area contributed by atoms with E-state index in [0.717, 1.165) is 4.31 Å². The summed E-state index contributed by atoms with van der Waals surface area (Å²) in [4.78, 5) is 19.3. The molecule has 3 aromatic rings. The lowest BCUT2D eigenvalue weighted by molar-refractivity contribution is -0.129. The van der Waals surface area contributed by atoms with Gasteiger partial charge in [-0.2, -0.15) is 12.7 Å². The van der Waals surface area contributed by atoms with Crippen molar-refractivity contribution in [3.8, 4) is 16.9 Å². The maximum absolute atomic E-state index is 15.0. The van der Waals surface area contributed by atoms with Crippen LogP contribution in [0.3, 0.4) is 0 Å². The number of guanidine groups is 1. The third-order valence-corrected chi connectivity index (χ3v) is 7.43. The van der Waals surface area contributed by atoms with E-state index in [-0.39, 0.29) is 22.8 Å². The van der Waals surface area contributed by atoms with E-state index < -0.39 is 27.6 Å². The zero-order valence-corrected chi connectivity index (χ0v) is 21.7. The lowest BCUT2D eigenvalue weighted by Crippen LogP contribution is -2.41. The molecule has 1 atom stereocenters. The molecule has 4 rings (SSSR count). The summed E-state index contributed by atoms with van der Waals surface area (Å²) in [6.45, 7) is 0. The Labute approximate surface area is 218 Å². The number of aliphatic imine (C=N–C) groups is 1. The first-order valence-corrected chi connectivity index (χ1v) is 12.6. The van der Waals surface area contributed by atoms with Crippen molar-refractivity contribution >= 4 is 45.4 Å². The number of rotatable bonds is 6. The van der Waals surface area contributed by atoms with Gasteiger partial charge in [0.1, 0.15) is 11.6 Å². The first kappa shape index (κ1) is 25.9. The Morgan fingerprint density at radius 2 is 1.67 bits per heavy atom. The molecule has 1 amide bonds. The Balaban J connectivity index is 1.93. The lowest BCUT2D eigenvalue weighted by atomic mass is 9.81. The van der Waals surface area contributed by atoms with Crippen molar-refractivity contribution in [3.05, 3.63) is 87.7 Å². The van der Waals surface area contributed by atoms with Crippen LogP contribution in [0.2, 0.25) is 10.0 Å². The third kappa shape index (κ3) is 4.53. The number of nitrogens with two attached hydrogens (primary N) is 1. The molecule has 2 N–H and O–H groups in total. The number of nitrogens with zero attached hydrogens (tertiary/aromatic N) is 3. The van der Waals surface area contributed by atoms with Crippen molar-refractivity contribution in [2.24, 2.45) is 10.7 Å². The van der Waals surface area contributed by atoms with E-state index in [1.807, 2.05) is 0 Å². The van der Waals surface area contributed by atoms with E-state index in [9.17, 15) is 17.6 Å². The minimum absolute atomic E-state index is 0.0411. The summed E-state index contributed by atoms with van der Waals surface area (Å²) in [5, 5.41) is 0.616. The average molecular weight is 551 g/mol. The smallest absolute Gasteiger partial charge is 0.371 e. The summed E-state index contributed by atoms with van der Waals surface area (Å²) < 4.78 is 45.6. The number of hydrogen-bond acceptors (Lipinski definition) is 6. The second kappa shape index (κ2) is 9.36. The molecule has 0 radical (unpaired) electrons. The number of halogens is 3. The van der Waals surface area contributed by atoms with Crippen molar-refractivity contribution in [1.82, 2.24) is 9.21 Å². The number of amides is 1. The van der Waals surface area contributed by atoms with E-state index in [1.54, 1.807) is 18.2 Å². The Morgan fingerprint density at radius 1 is 1.03 bits per heavy atom. The average Bonchev–Trinajstić information content (AvgIpc) is 3.03. The monoisotopic (exact) mass is 550 g/mol. The predicted molar refractivity (Wildman–Crippen MR) is 137 cm³/mol. The van der Waals surface area contributed by atoms with Gasteiger partial charge in [-0.25, -0.2) is 9.38 Å². The third-order valence-electron chi connectivity index (χ3n) is 5.70. The van der Waals surface area contributed by atoms with Gasteiger partial charge in [0.15, 0.2) is 11.5 Å². The summed E-state index contributed by atoms with van der Waals surface area (Å²) in [5.74, 6) is -1.20. The number of likely N-dealkylation sites (N-methyl/N-ethyl adjacent to an activating group) is 1. The molecular formula is C24H21Cl2FN4O4S. The summed E-state index contributed by atoms with van der Waals surface area (Å²) in [6.07, 6.45) is 0. The molecule has 1 heterocycles. The van der Waals surface area contributed by atoms with Gasteiger partial charge in [0, 0.05) is 36.8 Å². The largest absolute Gasteiger partial charge is 0.384 e. The highest BCUT2D eigenvalue weighted by molar-refractivity contribution is 7.84. The fourth-order valence-corrected chi connectivity index (χ4v) is 4.86. The van der Waals surface area contributed by atoms with Crippen LogP contribution in [-0.2, 0) is 20.6 Å². The Hall–Kier alpha value is -3.18. The van der Waals surface area contributed by atoms with Crippen molar-refractivity contribution in [1.29, 1.82) is 0 Å². The van der Waals surface area contributed by atoms with Crippen LogP contribution >= 0.6 is 23.2 Å². The Kier molecular flexibility index (Phi) is 6.74. The van der Waals surface area contributed by atoms with E-state index in [4.69, 9.17) is 33.1 Å². The van der Waals surface area contributed by atoms with Gasteiger partial charge in [0.25, 0.3) is 5.91 Å². The molecule has 0 spiro atoms. The number of carbonyl (C=O) groups excluding carboxylic acids is 1. The molecule has 0 saturated carbocycles. The fourth-order valence-electron chi connectivity index (χ4n) is 3.83. The van der Waals surface area contributed by atoms with E-state index in [2.05, 4.69) is 4.99 Å². The Bertz CT molecular complexity index is 1490.